The zero-order chi connectivity index (χ0) is 12.8. The summed E-state index contributed by atoms with van der Waals surface area (Å²) in [7, 11) is 0. The van der Waals surface area contributed by atoms with Crippen molar-refractivity contribution in [2.45, 2.75) is 31.8 Å². The summed E-state index contributed by atoms with van der Waals surface area (Å²) in [6.45, 7) is 1.32. The molecule has 1 aliphatic heterocycles. The molecule has 2 rings (SSSR count). The molecule has 1 aromatic rings. The molecule has 0 aromatic heterocycles. The van der Waals surface area contributed by atoms with E-state index in [1.54, 1.807) is 0 Å². The number of hydrogen-bond donors (Lipinski definition) is 2. The Bertz CT molecular complexity index is 464. The Balaban J connectivity index is 1.85. The SMILES string of the molecule is N#CCCCNC(=O)C1Cc2ccccc2CN1. The number of fused-ring (bicyclic) bond motifs is 1. The molecule has 1 amide bonds. The minimum Gasteiger partial charge on any atom is -0.355 e. The van der Waals surface area contributed by atoms with Gasteiger partial charge in [0, 0.05) is 19.5 Å². The maximum Gasteiger partial charge on any atom is 0.237 e. The summed E-state index contributed by atoms with van der Waals surface area (Å²) in [6.07, 6.45) is 1.94. The average Bonchev–Trinajstić information content (AvgIpc) is 2.43. The van der Waals surface area contributed by atoms with Crippen LogP contribution in [0, 0.1) is 11.3 Å². The van der Waals surface area contributed by atoms with Crippen molar-refractivity contribution in [2.75, 3.05) is 6.54 Å². The van der Waals surface area contributed by atoms with Crippen LogP contribution in [0.5, 0.6) is 0 Å². The number of nitriles is 1. The van der Waals surface area contributed by atoms with E-state index in [4.69, 9.17) is 5.26 Å². The predicted octanol–water partition coefficient (Wildman–Crippen LogP) is 1.12. The summed E-state index contributed by atoms with van der Waals surface area (Å²) in [5.74, 6) is 0.0300. The van der Waals surface area contributed by atoms with Gasteiger partial charge >= 0.3 is 0 Å². The Labute approximate surface area is 107 Å². The van der Waals surface area contributed by atoms with Crippen LogP contribution in [0.2, 0.25) is 0 Å². The van der Waals surface area contributed by atoms with Crippen LogP contribution >= 0.6 is 0 Å². The number of amides is 1. The number of rotatable bonds is 4. The largest absolute Gasteiger partial charge is 0.355 e. The molecule has 0 spiro atoms. The molecule has 0 saturated heterocycles. The number of benzene rings is 1. The van der Waals surface area contributed by atoms with Crippen LogP contribution in [-0.2, 0) is 17.8 Å². The Morgan fingerprint density at radius 2 is 2.22 bits per heavy atom. The van der Waals surface area contributed by atoms with Crippen LogP contribution in [0.25, 0.3) is 0 Å². The highest BCUT2D eigenvalue weighted by Gasteiger charge is 2.23. The average molecular weight is 243 g/mol. The van der Waals surface area contributed by atoms with Crippen molar-refractivity contribution in [3.8, 4) is 6.07 Å². The van der Waals surface area contributed by atoms with Crippen molar-refractivity contribution in [2.24, 2.45) is 0 Å². The summed E-state index contributed by atoms with van der Waals surface area (Å²) in [6, 6.07) is 10.1. The molecule has 4 heteroatoms. The van der Waals surface area contributed by atoms with Gasteiger partial charge in [0.15, 0.2) is 0 Å². The molecule has 0 fully saturated rings. The number of carbonyl (C=O) groups excluding carboxylic acids is 1. The van der Waals surface area contributed by atoms with Gasteiger partial charge in [0.2, 0.25) is 5.91 Å². The van der Waals surface area contributed by atoms with Crippen LogP contribution in [0.1, 0.15) is 24.0 Å². The second-order valence-electron chi connectivity index (χ2n) is 4.46. The molecule has 0 aliphatic carbocycles. The second kappa shape index (κ2) is 6.18. The van der Waals surface area contributed by atoms with Crippen LogP contribution in [0.4, 0.5) is 0 Å². The zero-order valence-corrected chi connectivity index (χ0v) is 10.3. The Morgan fingerprint density at radius 3 is 3.00 bits per heavy atom. The highest BCUT2D eigenvalue weighted by Crippen LogP contribution is 2.16. The van der Waals surface area contributed by atoms with Crippen LogP contribution < -0.4 is 10.6 Å². The lowest BCUT2D eigenvalue weighted by molar-refractivity contribution is -0.123. The number of carbonyl (C=O) groups is 1. The number of nitrogens with one attached hydrogen (secondary N) is 2. The quantitative estimate of drug-likeness (QED) is 0.779. The normalized spacial score (nSPS) is 17.6. The summed E-state index contributed by atoms with van der Waals surface area (Å²) >= 11 is 0. The summed E-state index contributed by atoms with van der Waals surface area (Å²) in [5.41, 5.74) is 2.51. The molecule has 1 unspecified atom stereocenters. The van der Waals surface area contributed by atoms with E-state index in [0.29, 0.717) is 19.4 Å². The van der Waals surface area contributed by atoms with Crippen molar-refractivity contribution in [3.63, 3.8) is 0 Å². The van der Waals surface area contributed by atoms with E-state index in [2.05, 4.69) is 28.8 Å². The minimum atomic E-state index is -0.151. The van der Waals surface area contributed by atoms with Gasteiger partial charge in [0.05, 0.1) is 12.1 Å². The van der Waals surface area contributed by atoms with Crippen molar-refractivity contribution in [1.82, 2.24) is 10.6 Å². The lowest BCUT2D eigenvalue weighted by Gasteiger charge is -2.25. The topological polar surface area (TPSA) is 64.9 Å². The molecule has 18 heavy (non-hydrogen) atoms. The van der Waals surface area contributed by atoms with Gasteiger partial charge in [0.1, 0.15) is 0 Å². The van der Waals surface area contributed by atoms with Crippen molar-refractivity contribution in [1.29, 1.82) is 5.26 Å². The van der Waals surface area contributed by atoms with E-state index in [1.165, 1.54) is 11.1 Å². The Kier molecular flexibility index (Phi) is 4.32. The maximum absolute atomic E-state index is 11.9. The highest BCUT2D eigenvalue weighted by atomic mass is 16.2. The van der Waals surface area contributed by atoms with Crippen molar-refractivity contribution < 1.29 is 4.79 Å². The third kappa shape index (κ3) is 3.08. The molecule has 94 valence electrons. The van der Waals surface area contributed by atoms with E-state index in [1.807, 2.05) is 12.1 Å². The third-order valence-electron chi connectivity index (χ3n) is 3.16. The van der Waals surface area contributed by atoms with Gasteiger partial charge in [-0.3, -0.25) is 4.79 Å². The first-order valence-electron chi connectivity index (χ1n) is 6.26. The summed E-state index contributed by atoms with van der Waals surface area (Å²) in [4.78, 5) is 11.9. The van der Waals surface area contributed by atoms with Gasteiger partial charge in [-0.15, -0.1) is 0 Å². The first-order chi connectivity index (χ1) is 8.81. The third-order valence-corrected chi connectivity index (χ3v) is 3.16. The highest BCUT2D eigenvalue weighted by molar-refractivity contribution is 5.82. The number of unbranched alkanes of at least 4 members (excludes halogenated alkanes) is 1. The minimum absolute atomic E-state index is 0.0300. The lowest BCUT2D eigenvalue weighted by atomic mass is 9.95. The molecular formula is C14H17N3O. The maximum atomic E-state index is 11.9. The fourth-order valence-corrected chi connectivity index (χ4v) is 2.14. The second-order valence-corrected chi connectivity index (χ2v) is 4.46. The van der Waals surface area contributed by atoms with Crippen LogP contribution in [-0.4, -0.2) is 18.5 Å². The molecule has 0 radical (unpaired) electrons. The van der Waals surface area contributed by atoms with E-state index in [-0.39, 0.29) is 11.9 Å². The van der Waals surface area contributed by atoms with E-state index in [0.717, 1.165) is 13.0 Å². The van der Waals surface area contributed by atoms with Crippen LogP contribution in [0.3, 0.4) is 0 Å². The first-order valence-corrected chi connectivity index (χ1v) is 6.26. The summed E-state index contributed by atoms with van der Waals surface area (Å²) in [5, 5.41) is 14.5. The zero-order valence-electron chi connectivity index (χ0n) is 10.3. The predicted molar refractivity (Wildman–Crippen MR) is 68.6 cm³/mol. The van der Waals surface area contributed by atoms with Gasteiger partial charge in [-0.25, -0.2) is 0 Å². The van der Waals surface area contributed by atoms with E-state index in [9.17, 15) is 4.79 Å². The van der Waals surface area contributed by atoms with Gasteiger partial charge in [-0.05, 0) is 24.0 Å². The molecule has 1 aliphatic rings. The van der Waals surface area contributed by atoms with E-state index < -0.39 is 0 Å². The molecule has 0 saturated carbocycles. The molecule has 2 N–H and O–H groups in total. The Hall–Kier alpha value is -1.86. The standard InChI is InChI=1S/C14H17N3O/c15-7-3-4-8-16-14(18)13-9-11-5-1-2-6-12(11)10-17-13/h1-2,5-6,13,17H,3-4,8-10H2,(H,16,18). The Morgan fingerprint density at radius 1 is 1.44 bits per heavy atom. The van der Waals surface area contributed by atoms with Gasteiger partial charge < -0.3 is 10.6 Å². The molecule has 4 nitrogen and oxygen atoms in total. The van der Waals surface area contributed by atoms with Gasteiger partial charge in [0.25, 0.3) is 0 Å². The monoisotopic (exact) mass is 243 g/mol. The van der Waals surface area contributed by atoms with Gasteiger partial charge in [-0.2, -0.15) is 5.26 Å². The van der Waals surface area contributed by atoms with E-state index >= 15 is 0 Å². The molecule has 0 bridgehead atoms. The van der Waals surface area contributed by atoms with Crippen molar-refractivity contribution >= 4 is 5.91 Å². The number of hydrogen-bond acceptors (Lipinski definition) is 3. The summed E-state index contributed by atoms with van der Waals surface area (Å²) < 4.78 is 0. The molecule has 1 atom stereocenters. The first kappa shape index (κ1) is 12.6. The smallest absolute Gasteiger partial charge is 0.237 e. The lowest BCUT2D eigenvalue weighted by Crippen LogP contribution is -2.47. The molecule has 1 heterocycles. The number of nitrogens with zero attached hydrogens (tertiary/aromatic N) is 1. The molecular weight excluding hydrogens is 226 g/mol. The van der Waals surface area contributed by atoms with Crippen LogP contribution in [0.15, 0.2) is 24.3 Å². The fourth-order valence-electron chi connectivity index (χ4n) is 2.14. The fraction of sp³-hybridized carbons (Fsp3) is 0.429. The van der Waals surface area contributed by atoms with Gasteiger partial charge in [-0.1, -0.05) is 24.3 Å². The van der Waals surface area contributed by atoms with Crippen molar-refractivity contribution in [3.05, 3.63) is 35.4 Å². The molecule has 1 aromatic carbocycles.